The molecule has 1 aromatic heterocycles. The van der Waals surface area contributed by atoms with Gasteiger partial charge in [-0.25, -0.2) is 0 Å². The highest BCUT2D eigenvalue weighted by atomic mass is 16.5. The first-order valence-corrected chi connectivity index (χ1v) is 6.40. The molecule has 0 radical (unpaired) electrons. The van der Waals surface area contributed by atoms with Crippen LogP contribution < -0.4 is 4.74 Å². The lowest BCUT2D eigenvalue weighted by atomic mass is 9.83. The monoisotopic (exact) mass is 242 g/mol. The van der Waals surface area contributed by atoms with Gasteiger partial charge in [0.15, 0.2) is 11.3 Å². The minimum Gasteiger partial charge on any atom is -0.492 e. The van der Waals surface area contributed by atoms with Gasteiger partial charge in [0.05, 0.1) is 13.4 Å². The number of hydrogen-bond acceptors (Lipinski definition) is 2. The van der Waals surface area contributed by atoms with Crippen LogP contribution in [0.5, 0.6) is 5.75 Å². The van der Waals surface area contributed by atoms with Crippen molar-refractivity contribution in [2.24, 2.45) is 0 Å². The van der Waals surface area contributed by atoms with Gasteiger partial charge < -0.3 is 9.15 Å². The van der Waals surface area contributed by atoms with Crippen LogP contribution in [0.15, 0.2) is 16.8 Å². The minimum atomic E-state index is 0.539. The summed E-state index contributed by atoms with van der Waals surface area (Å²) in [6, 6.07) is 0. The van der Waals surface area contributed by atoms with Crippen molar-refractivity contribution in [3.05, 3.63) is 34.6 Å². The first kappa shape index (κ1) is 11.4. The molecule has 1 aliphatic rings. The van der Waals surface area contributed by atoms with Crippen molar-refractivity contribution >= 4 is 17.0 Å². The van der Waals surface area contributed by atoms with Crippen LogP contribution in [0.4, 0.5) is 0 Å². The van der Waals surface area contributed by atoms with Crippen LogP contribution in [0.1, 0.15) is 41.5 Å². The van der Waals surface area contributed by atoms with E-state index in [2.05, 4.69) is 32.9 Å². The van der Waals surface area contributed by atoms with Crippen LogP contribution in [0.25, 0.3) is 17.0 Å². The molecule has 94 valence electrons. The summed E-state index contributed by atoms with van der Waals surface area (Å²) in [4.78, 5) is 0. The second kappa shape index (κ2) is 3.91. The maximum Gasteiger partial charge on any atom is 0.176 e. The maximum atomic E-state index is 5.69. The zero-order chi connectivity index (χ0) is 12.9. The molecule has 0 fully saturated rings. The largest absolute Gasteiger partial charge is 0.492 e. The Hall–Kier alpha value is -1.70. The molecule has 0 saturated heterocycles. The molecular weight excluding hydrogens is 224 g/mol. The summed E-state index contributed by atoms with van der Waals surface area (Å²) in [6.07, 6.45) is 7.30. The molecule has 0 spiro atoms. The summed E-state index contributed by atoms with van der Waals surface area (Å²) >= 11 is 0. The molecule has 2 aromatic rings. The third-order valence-electron chi connectivity index (χ3n) is 3.97. The summed E-state index contributed by atoms with van der Waals surface area (Å²) in [5.41, 5.74) is 6.00. The first-order valence-electron chi connectivity index (χ1n) is 6.40. The summed E-state index contributed by atoms with van der Waals surface area (Å²) in [6.45, 7) is 6.56. The van der Waals surface area contributed by atoms with E-state index in [1.54, 1.807) is 7.11 Å². The van der Waals surface area contributed by atoms with Crippen LogP contribution in [0, 0.1) is 13.8 Å². The Balaban J connectivity index is 2.50. The van der Waals surface area contributed by atoms with E-state index in [9.17, 15) is 0 Å². The van der Waals surface area contributed by atoms with E-state index in [1.165, 1.54) is 27.6 Å². The highest BCUT2D eigenvalue weighted by molar-refractivity contribution is 5.94. The molecule has 0 N–H and O–H groups in total. The van der Waals surface area contributed by atoms with Crippen LogP contribution in [-0.4, -0.2) is 7.11 Å². The Morgan fingerprint density at radius 3 is 2.83 bits per heavy atom. The predicted molar refractivity (Wildman–Crippen MR) is 74.3 cm³/mol. The zero-order valence-electron chi connectivity index (χ0n) is 11.3. The molecule has 18 heavy (non-hydrogen) atoms. The summed E-state index contributed by atoms with van der Waals surface area (Å²) < 4.78 is 11.3. The summed E-state index contributed by atoms with van der Waals surface area (Å²) in [7, 11) is 1.72. The number of rotatable bonds is 1. The predicted octanol–water partition coefficient (Wildman–Crippen LogP) is 4.58. The molecule has 0 amide bonds. The lowest BCUT2D eigenvalue weighted by Gasteiger charge is -2.23. The number of ether oxygens (including phenoxy) is 1. The highest BCUT2D eigenvalue weighted by Crippen LogP contribution is 2.44. The van der Waals surface area contributed by atoms with Crippen LogP contribution in [0.2, 0.25) is 0 Å². The number of aryl methyl sites for hydroxylation is 2. The SMILES string of the molecule is COc1c2c(c(C)c3c(C)coc13)C(C)CC=C2. The number of furan rings is 1. The quantitative estimate of drug-likeness (QED) is 0.730. The average molecular weight is 242 g/mol. The molecule has 1 unspecified atom stereocenters. The molecular formula is C16H18O2. The van der Waals surface area contributed by atoms with Crippen molar-refractivity contribution in [3.63, 3.8) is 0 Å². The highest BCUT2D eigenvalue weighted by Gasteiger charge is 2.24. The molecule has 1 heterocycles. The standard InChI is InChI=1S/C16H18O2/c1-9-6-5-7-12-13(9)11(3)14-10(2)8-18-16(14)15(12)17-4/h5,7-9H,6H2,1-4H3. The van der Waals surface area contributed by atoms with Crippen molar-refractivity contribution in [1.82, 2.24) is 0 Å². The number of hydrogen-bond donors (Lipinski definition) is 0. The number of methoxy groups -OCH3 is 1. The molecule has 0 aliphatic heterocycles. The maximum absolute atomic E-state index is 5.69. The molecule has 2 heteroatoms. The van der Waals surface area contributed by atoms with E-state index >= 15 is 0 Å². The van der Waals surface area contributed by atoms with Gasteiger partial charge in [0.2, 0.25) is 0 Å². The lowest BCUT2D eigenvalue weighted by Crippen LogP contribution is -2.05. The van der Waals surface area contributed by atoms with Gasteiger partial charge in [-0.15, -0.1) is 0 Å². The van der Waals surface area contributed by atoms with Gasteiger partial charge in [-0.2, -0.15) is 0 Å². The van der Waals surface area contributed by atoms with Crippen molar-refractivity contribution in [1.29, 1.82) is 0 Å². The number of allylic oxidation sites excluding steroid dienone is 1. The Kier molecular flexibility index (Phi) is 2.47. The van der Waals surface area contributed by atoms with E-state index in [4.69, 9.17) is 9.15 Å². The molecule has 1 aromatic carbocycles. The normalized spacial score (nSPS) is 18.1. The summed E-state index contributed by atoms with van der Waals surface area (Å²) in [5.74, 6) is 1.42. The van der Waals surface area contributed by atoms with E-state index in [0.29, 0.717) is 5.92 Å². The Morgan fingerprint density at radius 1 is 1.33 bits per heavy atom. The van der Waals surface area contributed by atoms with Gasteiger partial charge in [-0.05, 0) is 42.9 Å². The molecule has 1 aliphatic carbocycles. The van der Waals surface area contributed by atoms with Crippen molar-refractivity contribution < 1.29 is 9.15 Å². The van der Waals surface area contributed by atoms with Gasteiger partial charge in [-0.3, -0.25) is 0 Å². The topological polar surface area (TPSA) is 22.4 Å². The fourth-order valence-corrected chi connectivity index (χ4v) is 3.17. The van der Waals surface area contributed by atoms with Gasteiger partial charge in [-0.1, -0.05) is 19.1 Å². The van der Waals surface area contributed by atoms with Crippen molar-refractivity contribution in [3.8, 4) is 5.75 Å². The number of fused-ring (bicyclic) bond motifs is 2. The average Bonchev–Trinajstić information content (AvgIpc) is 2.72. The Labute approximate surface area is 107 Å². The zero-order valence-corrected chi connectivity index (χ0v) is 11.3. The van der Waals surface area contributed by atoms with Crippen LogP contribution >= 0.6 is 0 Å². The lowest BCUT2D eigenvalue weighted by molar-refractivity contribution is 0.408. The smallest absolute Gasteiger partial charge is 0.176 e. The van der Waals surface area contributed by atoms with Crippen molar-refractivity contribution in [2.45, 2.75) is 33.1 Å². The Morgan fingerprint density at radius 2 is 2.11 bits per heavy atom. The number of benzene rings is 1. The van der Waals surface area contributed by atoms with E-state index in [1.807, 2.05) is 6.26 Å². The second-order valence-electron chi connectivity index (χ2n) is 5.15. The second-order valence-corrected chi connectivity index (χ2v) is 5.15. The van der Waals surface area contributed by atoms with Crippen molar-refractivity contribution in [2.75, 3.05) is 7.11 Å². The molecule has 0 bridgehead atoms. The molecule has 3 rings (SSSR count). The van der Waals surface area contributed by atoms with E-state index in [-0.39, 0.29) is 0 Å². The van der Waals surface area contributed by atoms with Gasteiger partial charge >= 0.3 is 0 Å². The minimum absolute atomic E-state index is 0.539. The van der Waals surface area contributed by atoms with E-state index in [0.717, 1.165) is 17.8 Å². The molecule has 0 saturated carbocycles. The third-order valence-corrected chi connectivity index (χ3v) is 3.97. The Bertz CT molecular complexity index is 647. The fraction of sp³-hybridized carbons (Fsp3) is 0.375. The van der Waals surface area contributed by atoms with Crippen LogP contribution in [-0.2, 0) is 0 Å². The first-order chi connectivity index (χ1) is 8.65. The molecule has 2 nitrogen and oxygen atoms in total. The third kappa shape index (κ3) is 1.35. The van der Waals surface area contributed by atoms with Gasteiger partial charge in [0.25, 0.3) is 0 Å². The van der Waals surface area contributed by atoms with Gasteiger partial charge in [0.1, 0.15) is 0 Å². The van der Waals surface area contributed by atoms with Gasteiger partial charge in [0, 0.05) is 10.9 Å². The van der Waals surface area contributed by atoms with Crippen LogP contribution in [0.3, 0.4) is 0 Å². The van der Waals surface area contributed by atoms with E-state index < -0.39 is 0 Å². The summed E-state index contributed by atoms with van der Waals surface area (Å²) in [5, 5.41) is 1.22. The fourth-order valence-electron chi connectivity index (χ4n) is 3.17. The molecule has 1 atom stereocenters.